The van der Waals surface area contributed by atoms with Gasteiger partial charge in [-0.1, -0.05) is 59.7 Å². The van der Waals surface area contributed by atoms with Gasteiger partial charge in [0.25, 0.3) is 0 Å². The maximum atomic E-state index is 7.36. The van der Waals surface area contributed by atoms with Crippen LogP contribution in [0.25, 0.3) is 0 Å². The van der Waals surface area contributed by atoms with Crippen LogP contribution < -0.4 is 9.80 Å². The largest absolute Gasteiger partial charge is 0.354 e. The fraction of sp³-hybridized carbons (Fsp3) is 0.579. The van der Waals surface area contributed by atoms with Crippen molar-refractivity contribution in [3.8, 4) is 0 Å². The van der Waals surface area contributed by atoms with Crippen molar-refractivity contribution < 1.29 is 9.47 Å². The van der Waals surface area contributed by atoms with Crippen LogP contribution in [0.4, 0.5) is 11.4 Å². The van der Waals surface area contributed by atoms with Gasteiger partial charge < -0.3 is 19.3 Å². The molecule has 4 bridgehead atoms. The average Bonchev–Trinajstić information content (AvgIpc) is 3.71. The summed E-state index contributed by atoms with van der Waals surface area (Å²) in [6.45, 7) is 6.18. The van der Waals surface area contributed by atoms with Crippen LogP contribution in [0.1, 0.15) is 36.8 Å². The molecule has 0 N–H and O–H groups in total. The van der Waals surface area contributed by atoms with E-state index in [-0.39, 0.29) is 23.3 Å². The monoisotopic (exact) mass is 584 g/mol. The quantitative estimate of drug-likeness (QED) is 0.431. The van der Waals surface area contributed by atoms with Gasteiger partial charge in [0, 0.05) is 59.2 Å². The number of benzene rings is 2. The Kier molecular flexibility index (Phi) is 4.03. The Hall–Kier alpha value is -2.64. The molecule has 9 heterocycles. The Morgan fingerprint density at radius 1 is 0.614 bits per heavy atom. The first kappa shape index (κ1) is 23.7. The van der Waals surface area contributed by atoms with Crippen molar-refractivity contribution >= 4 is 11.4 Å². The van der Waals surface area contributed by atoms with Crippen molar-refractivity contribution in [3.63, 3.8) is 0 Å². The third-order valence-electron chi connectivity index (χ3n) is 15.5. The van der Waals surface area contributed by atoms with Crippen LogP contribution in [0.2, 0.25) is 0 Å². The second-order valence-electron chi connectivity index (χ2n) is 16.1. The van der Waals surface area contributed by atoms with Crippen molar-refractivity contribution in [2.75, 3.05) is 49.2 Å². The molecule has 224 valence electrons. The van der Waals surface area contributed by atoms with E-state index in [9.17, 15) is 0 Å². The number of para-hydroxylation sites is 2. The molecule has 13 rings (SSSR count). The highest BCUT2D eigenvalue weighted by molar-refractivity contribution is 5.72. The van der Waals surface area contributed by atoms with Gasteiger partial charge in [0.1, 0.15) is 12.5 Å². The van der Waals surface area contributed by atoms with Gasteiger partial charge in [-0.15, -0.1) is 0 Å². The molecule has 12 atom stereocenters. The van der Waals surface area contributed by atoms with E-state index in [1.54, 1.807) is 22.3 Å². The van der Waals surface area contributed by atoms with Crippen LogP contribution in [0.15, 0.2) is 71.8 Å². The highest BCUT2D eigenvalue weighted by Crippen LogP contribution is 2.71. The molecule has 11 aliphatic rings. The SMILES string of the molecule is C1=C2CN3CC[C@]45c6ccccc6N6[C@@H]7OCC=C8CN9CC[C@]%10%11c%12ccccc%12N([C@H](OC1)[C@@H]([C@H]64)[C@H]2C[C@H]35)[C@H]%10[C@H]7[C@H]8C[C@H]9%11. The number of piperidine rings is 2. The fourth-order valence-corrected chi connectivity index (χ4v) is 14.5. The number of hydrogen-bond acceptors (Lipinski definition) is 6. The summed E-state index contributed by atoms with van der Waals surface area (Å²) >= 11 is 0. The molecular formula is C38H40N4O2. The topological polar surface area (TPSA) is 31.4 Å². The first-order chi connectivity index (χ1) is 21.8. The third-order valence-corrected chi connectivity index (χ3v) is 15.5. The Balaban J connectivity index is 1.15. The maximum Gasteiger partial charge on any atom is 0.136 e. The summed E-state index contributed by atoms with van der Waals surface area (Å²) in [5.41, 5.74) is 9.81. The van der Waals surface area contributed by atoms with E-state index in [0.717, 1.165) is 26.3 Å². The molecule has 6 nitrogen and oxygen atoms in total. The lowest BCUT2D eigenvalue weighted by molar-refractivity contribution is -0.105. The van der Waals surface area contributed by atoms with Crippen molar-refractivity contribution in [3.05, 3.63) is 83.0 Å². The smallest absolute Gasteiger partial charge is 0.136 e. The lowest BCUT2D eigenvalue weighted by atomic mass is 9.52. The summed E-state index contributed by atoms with van der Waals surface area (Å²) in [7, 11) is 0. The molecule has 7 fully saturated rings. The van der Waals surface area contributed by atoms with Crippen LogP contribution in [-0.4, -0.2) is 85.8 Å². The first-order valence-electron chi connectivity index (χ1n) is 17.6. The molecule has 5 saturated heterocycles. The minimum atomic E-state index is 0.0792. The molecule has 0 amide bonds. The zero-order valence-electron chi connectivity index (χ0n) is 25.2. The van der Waals surface area contributed by atoms with E-state index >= 15 is 0 Å². The van der Waals surface area contributed by atoms with Gasteiger partial charge in [0.05, 0.1) is 25.3 Å². The predicted molar refractivity (Wildman–Crippen MR) is 168 cm³/mol. The van der Waals surface area contributed by atoms with Gasteiger partial charge in [0.15, 0.2) is 0 Å². The number of fused-ring (bicyclic) bond motifs is 6. The Morgan fingerprint density at radius 2 is 1.09 bits per heavy atom. The average molecular weight is 585 g/mol. The number of anilines is 2. The normalized spacial score (nSPS) is 49.4. The fourth-order valence-electron chi connectivity index (χ4n) is 14.5. The highest BCUT2D eigenvalue weighted by atomic mass is 16.5. The van der Waals surface area contributed by atoms with E-state index in [2.05, 4.69) is 80.3 Å². The molecule has 2 aromatic carbocycles. The van der Waals surface area contributed by atoms with Crippen LogP contribution in [-0.2, 0) is 20.3 Å². The van der Waals surface area contributed by atoms with Crippen LogP contribution >= 0.6 is 0 Å². The van der Waals surface area contributed by atoms with Crippen molar-refractivity contribution in [2.45, 2.75) is 73.1 Å². The predicted octanol–water partition coefficient (Wildman–Crippen LogP) is 4.27. The lowest BCUT2D eigenvalue weighted by Gasteiger charge is -2.65. The van der Waals surface area contributed by atoms with Gasteiger partial charge in [-0.25, -0.2) is 0 Å². The third kappa shape index (κ3) is 2.28. The zero-order chi connectivity index (χ0) is 28.1. The summed E-state index contributed by atoms with van der Waals surface area (Å²) in [5.74, 6) is 1.96. The van der Waals surface area contributed by atoms with Crippen molar-refractivity contribution in [2.24, 2.45) is 23.7 Å². The highest BCUT2D eigenvalue weighted by Gasteiger charge is 2.76. The lowest BCUT2D eigenvalue weighted by Crippen LogP contribution is -2.76. The summed E-state index contributed by atoms with van der Waals surface area (Å²) in [6, 6.07) is 21.3. The molecule has 2 spiro atoms. The van der Waals surface area contributed by atoms with E-state index in [0.29, 0.717) is 47.8 Å². The summed E-state index contributed by atoms with van der Waals surface area (Å²) in [5, 5.41) is 0. The number of ether oxygens (including phenoxy) is 2. The van der Waals surface area contributed by atoms with E-state index in [1.807, 2.05) is 0 Å². The van der Waals surface area contributed by atoms with Crippen LogP contribution in [0, 0.1) is 23.7 Å². The Morgan fingerprint density at radius 3 is 1.59 bits per heavy atom. The van der Waals surface area contributed by atoms with E-state index in [1.165, 1.54) is 50.1 Å². The molecule has 0 aromatic heterocycles. The zero-order valence-corrected chi connectivity index (χ0v) is 25.2. The molecule has 44 heavy (non-hydrogen) atoms. The van der Waals surface area contributed by atoms with Crippen molar-refractivity contribution in [1.29, 1.82) is 0 Å². The van der Waals surface area contributed by atoms with Gasteiger partial charge in [-0.3, -0.25) is 9.80 Å². The van der Waals surface area contributed by atoms with E-state index in [4.69, 9.17) is 9.47 Å². The number of nitrogens with zero attached hydrogens (tertiary/aromatic N) is 4. The van der Waals surface area contributed by atoms with Gasteiger partial charge >= 0.3 is 0 Å². The van der Waals surface area contributed by atoms with E-state index < -0.39 is 0 Å². The second kappa shape index (κ2) is 7.49. The van der Waals surface area contributed by atoms with Crippen LogP contribution in [0.5, 0.6) is 0 Å². The van der Waals surface area contributed by atoms with Gasteiger partial charge in [-0.2, -0.15) is 0 Å². The molecule has 0 radical (unpaired) electrons. The Bertz CT molecular complexity index is 1610. The molecule has 0 unspecified atom stereocenters. The van der Waals surface area contributed by atoms with Gasteiger partial charge in [-0.05, 0) is 73.9 Å². The maximum absolute atomic E-state index is 7.36. The second-order valence-corrected chi connectivity index (χ2v) is 16.1. The molecule has 2 aromatic rings. The Labute approximate surface area is 259 Å². The van der Waals surface area contributed by atoms with Gasteiger partial charge in [0.2, 0.25) is 0 Å². The summed E-state index contributed by atoms with van der Waals surface area (Å²) in [6.07, 6.45) is 10.3. The minimum absolute atomic E-state index is 0.0792. The molecular weight excluding hydrogens is 544 g/mol. The summed E-state index contributed by atoms with van der Waals surface area (Å²) < 4.78 is 14.7. The first-order valence-corrected chi connectivity index (χ1v) is 17.6. The number of hydrogen-bond donors (Lipinski definition) is 0. The summed E-state index contributed by atoms with van der Waals surface area (Å²) in [4.78, 5) is 11.6. The number of rotatable bonds is 0. The molecule has 2 saturated carbocycles. The molecule has 2 aliphatic carbocycles. The molecule has 6 heteroatoms. The van der Waals surface area contributed by atoms with Crippen LogP contribution in [0.3, 0.4) is 0 Å². The van der Waals surface area contributed by atoms with Crippen molar-refractivity contribution in [1.82, 2.24) is 9.80 Å². The standard InChI is InChI=1S/C38H40N4O2/c1-3-7-27-25(5-1)37-11-13-39-19-21-10-16-44-36-31(23(21)17-29(37)39)33(37)41(27)35-32-24-18-30-38(12-14-40(30)20-22(24)9-15-43-35)26-6-2-4-8-28(26)42(36)34(32)38/h1-10,23-24,29-36H,11-20H2/t23-,24-,29-,30-,31+,32+,33-,34-,35+,36+,37+,38+/m0/s1. The molecule has 9 aliphatic heterocycles. The minimum Gasteiger partial charge on any atom is -0.354 e.